The first kappa shape index (κ1) is 11.8. The fourth-order valence-corrected chi connectivity index (χ4v) is 3.92. The molecule has 0 aliphatic rings. The Morgan fingerprint density at radius 2 is 1.18 bits per heavy atom. The first-order valence-corrected chi connectivity index (χ1v) is 7.60. The minimum atomic E-state index is 0.866. The fraction of sp³-hybridized carbons (Fsp3) is 0.0476. The van der Waals surface area contributed by atoms with Gasteiger partial charge < -0.3 is 5.73 Å². The minimum Gasteiger partial charge on any atom is -0.398 e. The zero-order valence-electron chi connectivity index (χ0n) is 12.4. The molecule has 0 heterocycles. The van der Waals surface area contributed by atoms with Crippen LogP contribution in [0.25, 0.3) is 43.1 Å². The summed E-state index contributed by atoms with van der Waals surface area (Å²) in [5.41, 5.74) is 8.55. The quantitative estimate of drug-likeness (QED) is 0.222. The molecular weight excluding hydrogens is 266 g/mol. The zero-order chi connectivity index (χ0) is 14.8. The molecule has 0 radical (unpaired) electrons. The summed E-state index contributed by atoms with van der Waals surface area (Å²) in [7, 11) is 0. The summed E-state index contributed by atoms with van der Waals surface area (Å²) in [5.74, 6) is 0. The van der Waals surface area contributed by atoms with Crippen LogP contribution in [0, 0.1) is 6.92 Å². The third-order valence-electron chi connectivity index (χ3n) is 4.87. The molecule has 0 aliphatic carbocycles. The average molecular weight is 281 g/mol. The molecule has 0 aromatic heterocycles. The van der Waals surface area contributed by atoms with E-state index in [9.17, 15) is 0 Å². The molecule has 5 aromatic rings. The van der Waals surface area contributed by atoms with Crippen LogP contribution in [0.15, 0.2) is 60.7 Å². The number of aryl methyl sites for hydroxylation is 1. The van der Waals surface area contributed by atoms with Gasteiger partial charge in [0.2, 0.25) is 0 Å². The summed E-state index contributed by atoms with van der Waals surface area (Å²) in [4.78, 5) is 0. The number of rotatable bonds is 0. The molecule has 0 atom stereocenters. The highest BCUT2D eigenvalue weighted by Gasteiger charge is 2.15. The van der Waals surface area contributed by atoms with E-state index in [1.807, 2.05) is 6.07 Å². The normalized spacial score (nSPS) is 12.0. The van der Waals surface area contributed by atoms with E-state index in [1.54, 1.807) is 0 Å². The summed E-state index contributed by atoms with van der Waals surface area (Å²) >= 11 is 0. The Bertz CT molecular complexity index is 1090. The number of hydrogen-bond donors (Lipinski definition) is 1. The Labute approximate surface area is 128 Å². The van der Waals surface area contributed by atoms with Gasteiger partial charge in [-0.15, -0.1) is 0 Å². The summed E-state index contributed by atoms with van der Waals surface area (Å²) in [6, 6.07) is 21.7. The molecule has 0 saturated carbocycles. The number of nitrogens with two attached hydrogens (primary N) is 1. The molecule has 0 amide bonds. The molecule has 1 nitrogen and oxygen atoms in total. The molecule has 2 N–H and O–H groups in total. The largest absolute Gasteiger partial charge is 0.398 e. The lowest BCUT2D eigenvalue weighted by atomic mass is 9.87. The van der Waals surface area contributed by atoms with Crippen molar-refractivity contribution in [3.63, 3.8) is 0 Å². The molecule has 0 aliphatic heterocycles. The summed E-state index contributed by atoms with van der Waals surface area (Å²) < 4.78 is 0. The molecule has 0 saturated heterocycles. The highest BCUT2D eigenvalue weighted by atomic mass is 14.6. The van der Waals surface area contributed by atoms with Gasteiger partial charge in [-0.3, -0.25) is 0 Å². The van der Waals surface area contributed by atoms with E-state index in [1.165, 1.54) is 48.7 Å². The monoisotopic (exact) mass is 281 g/mol. The van der Waals surface area contributed by atoms with Gasteiger partial charge in [0, 0.05) is 11.1 Å². The van der Waals surface area contributed by atoms with E-state index in [4.69, 9.17) is 5.73 Å². The van der Waals surface area contributed by atoms with Gasteiger partial charge in [-0.05, 0) is 56.3 Å². The lowest BCUT2D eigenvalue weighted by Crippen LogP contribution is -1.93. The Kier molecular flexibility index (Phi) is 2.09. The van der Waals surface area contributed by atoms with E-state index in [0.717, 1.165) is 5.69 Å². The van der Waals surface area contributed by atoms with Crippen LogP contribution in [0.2, 0.25) is 0 Å². The summed E-state index contributed by atoms with van der Waals surface area (Å²) in [6.07, 6.45) is 0. The van der Waals surface area contributed by atoms with Gasteiger partial charge >= 0.3 is 0 Å². The lowest BCUT2D eigenvalue weighted by molar-refractivity contribution is 1.56. The van der Waals surface area contributed by atoms with Crippen molar-refractivity contribution in [2.75, 3.05) is 5.73 Å². The van der Waals surface area contributed by atoms with Gasteiger partial charge in [-0.1, -0.05) is 54.6 Å². The van der Waals surface area contributed by atoms with Crippen molar-refractivity contribution in [2.24, 2.45) is 0 Å². The van der Waals surface area contributed by atoms with Crippen LogP contribution >= 0.6 is 0 Å². The highest BCUT2D eigenvalue weighted by molar-refractivity contribution is 6.35. The van der Waals surface area contributed by atoms with E-state index < -0.39 is 0 Å². The van der Waals surface area contributed by atoms with Crippen LogP contribution in [-0.2, 0) is 0 Å². The van der Waals surface area contributed by atoms with Gasteiger partial charge in [0.15, 0.2) is 0 Å². The van der Waals surface area contributed by atoms with Crippen LogP contribution in [0.1, 0.15) is 5.56 Å². The number of benzene rings is 5. The van der Waals surface area contributed by atoms with Crippen LogP contribution < -0.4 is 5.73 Å². The van der Waals surface area contributed by atoms with Crippen molar-refractivity contribution in [1.29, 1.82) is 0 Å². The van der Waals surface area contributed by atoms with Crippen LogP contribution in [0.5, 0.6) is 0 Å². The van der Waals surface area contributed by atoms with Crippen molar-refractivity contribution in [1.82, 2.24) is 0 Å². The van der Waals surface area contributed by atoms with Crippen molar-refractivity contribution in [2.45, 2.75) is 6.92 Å². The third kappa shape index (κ3) is 1.29. The maximum Gasteiger partial charge on any atom is 0.0400 e. The molecule has 104 valence electrons. The molecular formula is C21H15N. The predicted octanol–water partition coefficient (Wildman–Crippen LogP) is 5.63. The Hall–Kier alpha value is -2.80. The standard InChI is InChI=1S/C21H15N/c1-12-8-9-13-4-2-6-15-16-7-3-5-14-10-11-17(22)21(20(14)16)18(12)19(13)15/h2-11H,22H2,1H3. The molecule has 5 aromatic carbocycles. The number of nitrogen functional groups attached to an aromatic ring is 1. The van der Waals surface area contributed by atoms with Crippen molar-refractivity contribution in [3.05, 3.63) is 66.2 Å². The second-order valence-corrected chi connectivity index (χ2v) is 6.09. The van der Waals surface area contributed by atoms with E-state index >= 15 is 0 Å². The summed E-state index contributed by atoms with van der Waals surface area (Å²) in [5, 5.41) is 10.3. The maximum absolute atomic E-state index is 6.40. The molecule has 5 rings (SSSR count). The summed E-state index contributed by atoms with van der Waals surface area (Å²) in [6.45, 7) is 2.18. The first-order chi connectivity index (χ1) is 10.8. The van der Waals surface area contributed by atoms with Gasteiger partial charge in [0.05, 0.1) is 0 Å². The Balaban J connectivity index is 2.34. The Morgan fingerprint density at radius 3 is 1.86 bits per heavy atom. The SMILES string of the molecule is Cc1ccc2cccc3c4cccc5ccc(N)c(c1c23)c54. The van der Waals surface area contributed by atoms with Crippen molar-refractivity contribution < 1.29 is 0 Å². The highest BCUT2D eigenvalue weighted by Crippen LogP contribution is 2.43. The van der Waals surface area contributed by atoms with Crippen LogP contribution in [0.3, 0.4) is 0 Å². The van der Waals surface area contributed by atoms with Gasteiger partial charge in [0.1, 0.15) is 0 Å². The second kappa shape index (κ2) is 3.89. The van der Waals surface area contributed by atoms with Crippen LogP contribution in [-0.4, -0.2) is 0 Å². The molecule has 1 heteroatoms. The topological polar surface area (TPSA) is 26.0 Å². The number of anilines is 1. The zero-order valence-corrected chi connectivity index (χ0v) is 12.4. The number of fused-ring (bicyclic) bond motifs is 2. The smallest absolute Gasteiger partial charge is 0.0400 e. The van der Waals surface area contributed by atoms with Gasteiger partial charge in [-0.25, -0.2) is 0 Å². The molecule has 0 bridgehead atoms. The molecule has 0 fully saturated rings. The lowest BCUT2D eigenvalue weighted by Gasteiger charge is -2.17. The second-order valence-electron chi connectivity index (χ2n) is 6.09. The van der Waals surface area contributed by atoms with Crippen molar-refractivity contribution >= 4 is 48.8 Å². The maximum atomic E-state index is 6.40. The van der Waals surface area contributed by atoms with Gasteiger partial charge in [-0.2, -0.15) is 0 Å². The molecule has 0 spiro atoms. The third-order valence-corrected chi connectivity index (χ3v) is 4.87. The fourth-order valence-electron chi connectivity index (χ4n) is 3.92. The van der Waals surface area contributed by atoms with E-state index in [0.29, 0.717) is 0 Å². The van der Waals surface area contributed by atoms with Crippen molar-refractivity contribution in [3.8, 4) is 0 Å². The van der Waals surface area contributed by atoms with E-state index in [-0.39, 0.29) is 0 Å². The predicted molar refractivity (Wildman–Crippen MR) is 96.8 cm³/mol. The average Bonchev–Trinajstić information content (AvgIpc) is 2.55. The first-order valence-electron chi connectivity index (χ1n) is 7.60. The molecule has 0 unspecified atom stereocenters. The van der Waals surface area contributed by atoms with E-state index in [2.05, 4.69) is 61.5 Å². The van der Waals surface area contributed by atoms with Gasteiger partial charge in [0.25, 0.3) is 0 Å². The molecule has 22 heavy (non-hydrogen) atoms. The minimum absolute atomic E-state index is 0.866. The number of hydrogen-bond acceptors (Lipinski definition) is 1. The Morgan fingerprint density at radius 1 is 0.591 bits per heavy atom. The van der Waals surface area contributed by atoms with Crippen LogP contribution in [0.4, 0.5) is 5.69 Å².